The van der Waals surface area contributed by atoms with Crippen LogP contribution in [0.15, 0.2) is 35.9 Å². The minimum atomic E-state index is -0.276. The van der Waals surface area contributed by atoms with Crippen molar-refractivity contribution in [2.75, 3.05) is 26.8 Å². The summed E-state index contributed by atoms with van der Waals surface area (Å²) in [6.45, 7) is 7.04. The van der Waals surface area contributed by atoms with Crippen molar-refractivity contribution >= 4 is 5.84 Å². The van der Waals surface area contributed by atoms with Crippen LogP contribution in [0, 0.1) is 35.0 Å². The summed E-state index contributed by atoms with van der Waals surface area (Å²) >= 11 is 0. The van der Waals surface area contributed by atoms with E-state index in [2.05, 4.69) is 37.9 Å². The first-order valence-electron chi connectivity index (χ1n) is 12.1. The molecule has 0 aliphatic carbocycles. The lowest BCUT2D eigenvalue weighted by Crippen LogP contribution is -2.45. The van der Waals surface area contributed by atoms with Gasteiger partial charge in [-0.1, -0.05) is 17.0 Å². The van der Waals surface area contributed by atoms with E-state index >= 15 is 0 Å². The Morgan fingerprint density at radius 3 is 2.83 bits per heavy atom. The summed E-state index contributed by atoms with van der Waals surface area (Å²) in [5.74, 6) is 7.71. The summed E-state index contributed by atoms with van der Waals surface area (Å²) in [4.78, 5) is 16.4. The van der Waals surface area contributed by atoms with E-state index < -0.39 is 0 Å². The molecule has 0 aromatic carbocycles. The third-order valence-electron chi connectivity index (χ3n) is 6.13. The minimum Gasteiger partial charge on any atom is -0.398 e. The number of nitriles is 1. The largest absolute Gasteiger partial charge is 0.398 e. The van der Waals surface area contributed by atoms with Gasteiger partial charge in [0.25, 0.3) is 0 Å². The lowest BCUT2D eigenvalue weighted by atomic mass is 10.0. The Hall–Kier alpha value is -3.24. The van der Waals surface area contributed by atoms with Gasteiger partial charge in [-0.15, -0.1) is 0 Å². The van der Waals surface area contributed by atoms with Gasteiger partial charge in [-0.2, -0.15) is 5.26 Å². The Kier molecular flexibility index (Phi) is 8.49. The van der Waals surface area contributed by atoms with Gasteiger partial charge in [0.05, 0.1) is 23.6 Å². The van der Waals surface area contributed by atoms with Crippen molar-refractivity contribution in [3.63, 3.8) is 0 Å². The zero-order valence-corrected chi connectivity index (χ0v) is 20.6. The SMILES string of the molecule is CO/N=C(\[C@H](C)C#Cc1ccc(CN2CC(C#N)C2)nc1)n1ccnc1[C@H](C)OC1CCCCO1. The molecule has 0 radical (unpaired) electrons. The Balaban J connectivity index is 1.41. The predicted octanol–water partition coefficient (Wildman–Crippen LogP) is 3.33. The van der Waals surface area contributed by atoms with Crippen LogP contribution in [-0.2, 0) is 20.9 Å². The molecule has 2 aliphatic heterocycles. The molecule has 9 heteroatoms. The topological polar surface area (TPSA) is 97.8 Å². The average molecular weight is 477 g/mol. The van der Waals surface area contributed by atoms with Crippen molar-refractivity contribution in [3.05, 3.63) is 47.8 Å². The van der Waals surface area contributed by atoms with Gasteiger partial charge in [0.2, 0.25) is 0 Å². The molecule has 0 bridgehead atoms. The van der Waals surface area contributed by atoms with Gasteiger partial charge in [0.1, 0.15) is 19.0 Å². The van der Waals surface area contributed by atoms with Crippen LogP contribution < -0.4 is 0 Å². The number of pyridine rings is 1. The third kappa shape index (κ3) is 6.46. The molecule has 4 rings (SSSR count). The molecule has 2 aliphatic rings. The van der Waals surface area contributed by atoms with Gasteiger partial charge in [0.15, 0.2) is 12.1 Å². The maximum atomic E-state index is 8.91. The fourth-order valence-electron chi connectivity index (χ4n) is 4.20. The predicted molar refractivity (Wildman–Crippen MR) is 130 cm³/mol. The summed E-state index contributed by atoms with van der Waals surface area (Å²) in [7, 11) is 1.52. The van der Waals surface area contributed by atoms with E-state index in [1.54, 1.807) is 12.4 Å². The molecule has 9 nitrogen and oxygen atoms in total. The van der Waals surface area contributed by atoms with Crippen LogP contribution >= 0.6 is 0 Å². The van der Waals surface area contributed by atoms with E-state index in [0.717, 1.165) is 62.6 Å². The lowest BCUT2D eigenvalue weighted by Gasteiger charge is -2.34. The molecule has 0 N–H and O–H groups in total. The molecule has 4 heterocycles. The fourth-order valence-corrected chi connectivity index (χ4v) is 4.20. The van der Waals surface area contributed by atoms with E-state index in [4.69, 9.17) is 19.6 Å². The molecule has 2 aromatic rings. The van der Waals surface area contributed by atoms with Crippen LogP contribution in [0.5, 0.6) is 0 Å². The van der Waals surface area contributed by atoms with Crippen LogP contribution in [0.1, 0.15) is 56.3 Å². The monoisotopic (exact) mass is 476 g/mol. The zero-order valence-electron chi connectivity index (χ0n) is 20.6. The Labute approximate surface area is 206 Å². The summed E-state index contributed by atoms with van der Waals surface area (Å²) in [6.07, 6.45) is 7.92. The van der Waals surface area contributed by atoms with E-state index in [1.165, 1.54) is 7.11 Å². The van der Waals surface area contributed by atoms with Gasteiger partial charge >= 0.3 is 0 Å². The smallest absolute Gasteiger partial charge is 0.168 e. The zero-order chi connectivity index (χ0) is 24.6. The molecule has 184 valence electrons. The number of nitrogens with zero attached hydrogens (tertiary/aromatic N) is 6. The van der Waals surface area contributed by atoms with Crippen LogP contribution in [-0.4, -0.2) is 58.4 Å². The van der Waals surface area contributed by atoms with Gasteiger partial charge in [0, 0.05) is 50.4 Å². The number of aromatic nitrogens is 3. The number of hydrogen-bond donors (Lipinski definition) is 0. The molecular weight excluding hydrogens is 444 g/mol. The highest BCUT2D eigenvalue weighted by Crippen LogP contribution is 2.23. The van der Waals surface area contributed by atoms with Crippen LogP contribution in [0.4, 0.5) is 0 Å². The third-order valence-corrected chi connectivity index (χ3v) is 6.13. The molecule has 0 spiro atoms. The minimum absolute atomic E-state index is 0.149. The molecular formula is C26H32N6O3. The first kappa shape index (κ1) is 24.9. The van der Waals surface area contributed by atoms with E-state index in [9.17, 15) is 0 Å². The molecule has 2 aromatic heterocycles. The molecule has 3 atom stereocenters. The quantitative estimate of drug-likeness (QED) is 0.262. The highest BCUT2D eigenvalue weighted by molar-refractivity contribution is 5.89. The van der Waals surface area contributed by atoms with Gasteiger partial charge in [-0.05, 0) is 45.2 Å². The van der Waals surface area contributed by atoms with Crippen molar-refractivity contribution in [2.24, 2.45) is 17.0 Å². The number of imidazole rings is 1. The molecule has 35 heavy (non-hydrogen) atoms. The molecule has 2 saturated heterocycles. The summed E-state index contributed by atoms with van der Waals surface area (Å²) in [6, 6.07) is 6.25. The number of rotatable bonds is 7. The van der Waals surface area contributed by atoms with E-state index in [1.807, 2.05) is 36.7 Å². The fraction of sp³-hybridized carbons (Fsp3) is 0.538. The van der Waals surface area contributed by atoms with Crippen LogP contribution in [0.25, 0.3) is 0 Å². The van der Waals surface area contributed by atoms with Crippen molar-refractivity contribution in [1.82, 2.24) is 19.4 Å². The first-order valence-corrected chi connectivity index (χ1v) is 12.1. The normalized spacial score (nSPS) is 20.7. The van der Waals surface area contributed by atoms with Crippen molar-refractivity contribution in [2.45, 2.75) is 52.0 Å². The second kappa shape index (κ2) is 11.9. The average Bonchev–Trinajstić information content (AvgIpc) is 3.34. The maximum absolute atomic E-state index is 8.91. The Morgan fingerprint density at radius 1 is 1.29 bits per heavy atom. The van der Waals surface area contributed by atoms with Gasteiger partial charge < -0.3 is 14.3 Å². The van der Waals surface area contributed by atoms with Gasteiger partial charge in [-0.25, -0.2) is 4.98 Å². The number of likely N-dealkylation sites (tertiary alicyclic amines) is 1. The number of hydrogen-bond acceptors (Lipinski definition) is 8. The Morgan fingerprint density at radius 2 is 2.14 bits per heavy atom. The second-order valence-corrected chi connectivity index (χ2v) is 8.91. The lowest BCUT2D eigenvalue weighted by molar-refractivity contribution is -0.187. The molecule has 0 saturated carbocycles. The van der Waals surface area contributed by atoms with E-state index in [-0.39, 0.29) is 24.2 Å². The maximum Gasteiger partial charge on any atom is 0.168 e. The second-order valence-electron chi connectivity index (χ2n) is 8.91. The highest BCUT2D eigenvalue weighted by Gasteiger charge is 2.26. The number of oxime groups is 1. The van der Waals surface area contributed by atoms with Crippen molar-refractivity contribution in [1.29, 1.82) is 5.26 Å². The van der Waals surface area contributed by atoms with Crippen LogP contribution in [0.2, 0.25) is 0 Å². The van der Waals surface area contributed by atoms with Gasteiger partial charge in [-0.3, -0.25) is 14.5 Å². The summed E-state index contributed by atoms with van der Waals surface area (Å²) in [5, 5.41) is 13.2. The molecule has 0 amide bonds. The van der Waals surface area contributed by atoms with Crippen LogP contribution in [0.3, 0.4) is 0 Å². The Bertz CT molecular complexity index is 1100. The first-order chi connectivity index (χ1) is 17.1. The summed E-state index contributed by atoms with van der Waals surface area (Å²) in [5.41, 5.74) is 1.80. The van der Waals surface area contributed by atoms with Crippen molar-refractivity contribution < 1.29 is 14.3 Å². The van der Waals surface area contributed by atoms with Crippen molar-refractivity contribution in [3.8, 4) is 17.9 Å². The van der Waals surface area contributed by atoms with E-state index in [0.29, 0.717) is 5.84 Å². The molecule has 2 fully saturated rings. The molecule has 1 unspecified atom stereocenters. The number of ether oxygens (including phenoxy) is 2. The highest BCUT2D eigenvalue weighted by atomic mass is 16.7. The standard InChI is InChI=1S/C26H32N6O3/c1-19(7-8-21-9-10-23(29-15-21)18-31-16-22(14-27)17-31)25(30-33-3)32-12-11-28-26(32)20(2)35-24-6-4-5-13-34-24/h9-12,15,19-20,22,24H,4-6,13,16-18H2,1-3H3/b30-25+/t19-,20+,24?/m1/s1. The summed E-state index contributed by atoms with van der Waals surface area (Å²) < 4.78 is 13.7.